The number of nitrogens with two attached hydrogens (primary N) is 1. The molecule has 1 aromatic carbocycles. The van der Waals surface area contributed by atoms with Crippen LogP contribution in [0, 0.1) is 5.41 Å². The van der Waals surface area contributed by atoms with E-state index >= 15 is 0 Å². The van der Waals surface area contributed by atoms with Crippen LogP contribution in [-0.4, -0.2) is 54.6 Å². The fourth-order valence-corrected chi connectivity index (χ4v) is 7.30. The number of ether oxygens (including phenoxy) is 1. The predicted molar refractivity (Wildman–Crippen MR) is 161 cm³/mol. The highest BCUT2D eigenvalue weighted by atomic mass is 35.5. The highest BCUT2D eigenvalue weighted by Crippen LogP contribution is 2.51. The number of aliphatic hydroxyl groups is 1. The summed E-state index contributed by atoms with van der Waals surface area (Å²) in [7, 11) is 1.52. The van der Waals surface area contributed by atoms with E-state index in [0.717, 1.165) is 43.1 Å². The topological polar surface area (TPSA) is 128 Å². The first-order valence-electron chi connectivity index (χ1n) is 13.8. The third-order valence-electron chi connectivity index (χ3n) is 8.43. The quantitative estimate of drug-likeness (QED) is 0.282. The summed E-state index contributed by atoms with van der Waals surface area (Å²) in [6.45, 7) is 1.43. The van der Waals surface area contributed by atoms with E-state index in [9.17, 15) is 5.11 Å². The van der Waals surface area contributed by atoms with Gasteiger partial charge in [0.25, 0.3) is 0 Å². The molecule has 1 aliphatic heterocycles. The molecule has 1 atom stereocenters. The van der Waals surface area contributed by atoms with Gasteiger partial charge in [-0.1, -0.05) is 47.6 Å². The molecule has 42 heavy (non-hydrogen) atoms. The lowest BCUT2D eigenvalue weighted by Gasteiger charge is -2.42. The summed E-state index contributed by atoms with van der Waals surface area (Å²) in [6.07, 6.45) is 10.1. The summed E-state index contributed by atoms with van der Waals surface area (Å²) < 4.78 is 6.99. The van der Waals surface area contributed by atoms with Crippen LogP contribution in [0.1, 0.15) is 35.7 Å². The van der Waals surface area contributed by atoms with Gasteiger partial charge in [-0.25, -0.2) is 19.9 Å². The van der Waals surface area contributed by atoms with Crippen molar-refractivity contribution >= 4 is 34.8 Å². The van der Waals surface area contributed by atoms with E-state index in [1.54, 1.807) is 18.5 Å². The molecule has 0 unspecified atom stereocenters. The molecule has 0 bridgehead atoms. The van der Waals surface area contributed by atoms with Gasteiger partial charge >= 0.3 is 6.01 Å². The first-order chi connectivity index (χ1) is 20.5. The second-order valence-electron chi connectivity index (χ2n) is 10.7. The number of methoxy groups -OCH3 is 1. The molecule has 7 rings (SSSR count). The highest BCUT2D eigenvalue weighted by molar-refractivity contribution is 7.99. The molecule has 2 aliphatic rings. The first kappa shape index (κ1) is 27.1. The number of hydrogen-bond acceptors (Lipinski definition) is 10. The molecule has 12 heteroatoms. The molecule has 1 fully saturated rings. The number of piperidine rings is 1. The number of halogens is 1. The largest absolute Gasteiger partial charge is 0.467 e. The fourth-order valence-electron chi connectivity index (χ4n) is 6.19. The monoisotopic (exact) mass is 600 g/mol. The SMILES string of the molecule is COc1nccc(-c2cn3ccc(Sc4cnc(N5CCC6(CC5)Cc5ccccc5[C@H]6N)c(CO)n4)c(Cl)c3n2)n1. The van der Waals surface area contributed by atoms with E-state index in [1.807, 2.05) is 22.9 Å². The minimum Gasteiger partial charge on any atom is -0.467 e. The lowest BCUT2D eigenvalue weighted by molar-refractivity contribution is 0.186. The van der Waals surface area contributed by atoms with Crippen molar-refractivity contribution in [2.24, 2.45) is 11.1 Å². The molecule has 3 N–H and O–H groups in total. The van der Waals surface area contributed by atoms with Crippen molar-refractivity contribution in [3.8, 4) is 17.4 Å². The molecule has 1 saturated heterocycles. The first-order valence-corrected chi connectivity index (χ1v) is 14.9. The number of fused-ring (bicyclic) bond motifs is 2. The Hall–Kier alpha value is -3.77. The lowest BCUT2D eigenvalue weighted by atomic mass is 9.73. The number of anilines is 1. The van der Waals surface area contributed by atoms with Crippen LogP contribution < -0.4 is 15.4 Å². The van der Waals surface area contributed by atoms with E-state index in [2.05, 4.69) is 39.1 Å². The van der Waals surface area contributed by atoms with Crippen LogP contribution in [0.3, 0.4) is 0 Å². The van der Waals surface area contributed by atoms with Gasteiger partial charge in [-0.15, -0.1) is 0 Å². The van der Waals surface area contributed by atoms with E-state index in [-0.39, 0.29) is 24.1 Å². The van der Waals surface area contributed by atoms with Crippen LogP contribution in [-0.2, 0) is 13.0 Å². The molecule has 1 spiro atoms. The Kier molecular flexibility index (Phi) is 6.97. The fraction of sp³-hybridized carbons (Fsp3) is 0.300. The van der Waals surface area contributed by atoms with Crippen molar-refractivity contribution in [2.45, 2.75) is 41.8 Å². The van der Waals surface area contributed by atoms with Crippen molar-refractivity contribution in [1.29, 1.82) is 0 Å². The van der Waals surface area contributed by atoms with E-state index < -0.39 is 0 Å². The van der Waals surface area contributed by atoms with Gasteiger partial charge in [0.2, 0.25) is 0 Å². The van der Waals surface area contributed by atoms with Crippen LogP contribution in [0.4, 0.5) is 5.82 Å². The minimum absolute atomic E-state index is 0.0510. The molecule has 214 valence electrons. The van der Waals surface area contributed by atoms with Gasteiger partial charge in [0, 0.05) is 42.6 Å². The van der Waals surface area contributed by atoms with Crippen LogP contribution in [0.25, 0.3) is 17.0 Å². The highest BCUT2D eigenvalue weighted by Gasteiger charge is 2.46. The summed E-state index contributed by atoms with van der Waals surface area (Å²) >= 11 is 8.19. The molecule has 10 nitrogen and oxygen atoms in total. The number of rotatable bonds is 6. The summed E-state index contributed by atoms with van der Waals surface area (Å²) in [4.78, 5) is 25.6. The maximum Gasteiger partial charge on any atom is 0.316 e. The molecule has 1 aliphatic carbocycles. The van der Waals surface area contributed by atoms with Crippen molar-refractivity contribution in [3.63, 3.8) is 0 Å². The third kappa shape index (κ3) is 4.66. The van der Waals surface area contributed by atoms with Crippen molar-refractivity contribution in [2.75, 3.05) is 25.1 Å². The number of hydrogen-bond donors (Lipinski definition) is 2. The average Bonchev–Trinajstić information content (AvgIpc) is 3.59. The Balaban J connectivity index is 1.09. The smallest absolute Gasteiger partial charge is 0.316 e. The Morgan fingerprint density at radius 2 is 1.93 bits per heavy atom. The minimum atomic E-state index is -0.206. The zero-order valence-corrected chi connectivity index (χ0v) is 24.5. The second kappa shape index (κ2) is 10.8. The second-order valence-corrected chi connectivity index (χ2v) is 12.2. The summed E-state index contributed by atoms with van der Waals surface area (Å²) in [5.41, 5.74) is 11.9. The Morgan fingerprint density at radius 1 is 1.10 bits per heavy atom. The Bertz CT molecular complexity index is 1790. The van der Waals surface area contributed by atoms with E-state index in [4.69, 9.17) is 37.0 Å². The third-order valence-corrected chi connectivity index (χ3v) is 9.88. The van der Waals surface area contributed by atoms with Gasteiger partial charge in [-0.3, -0.25) is 0 Å². The maximum atomic E-state index is 10.2. The number of aromatic nitrogens is 6. The lowest BCUT2D eigenvalue weighted by Crippen LogP contribution is -2.45. The maximum absolute atomic E-state index is 10.2. The van der Waals surface area contributed by atoms with Gasteiger partial charge in [-0.2, -0.15) is 4.98 Å². The summed E-state index contributed by atoms with van der Waals surface area (Å²) in [6, 6.07) is 12.5. The van der Waals surface area contributed by atoms with Crippen LogP contribution in [0.15, 0.2) is 71.1 Å². The van der Waals surface area contributed by atoms with Crippen molar-refractivity contribution < 1.29 is 9.84 Å². The van der Waals surface area contributed by atoms with Crippen molar-refractivity contribution in [3.05, 3.63) is 83.0 Å². The average molecular weight is 601 g/mol. The number of nitrogens with zero attached hydrogens (tertiary/aromatic N) is 7. The van der Waals surface area contributed by atoms with Crippen LogP contribution in [0.2, 0.25) is 5.02 Å². The molecule has 5 aromatic rings. The number of imidazole rings is 1. The van der Waals surface area contributed by atoms with E-state index in [0.29, 0.717) is 32.8 Å². The molecule has 5 heterocycles. The summed E-state index contributed by atoms with van der Waals surface area (Å²) in [5.74, 6) is 0.723. The Morgan fingerprint density at radius 3 is 2.71 bits per heavy atom. The number of benzene rings is 1. The number of pyridine rings is 1. The van der Waals surface area contributed by atoms with Gasteiger partial charge in [-0.05, 0) is 47.9 Å². The zero-order chi connectivity index (χ0) is 28.8. The van der Waals surface area contributed by atoms with Gasteiger partial charge in [0.05, 0.1) is 30.6 Å². The summed E-state index contributed by atoms with van der Waals surface area (Å²) in [5, 5.41) is 11.4. The van der Waals surface area contributed by atoms with Gasteiger partial charge < -0.3 is 24.9 Å². The van der Waals surface area contributed by atoms with Gasteiger partial charge in [0.15, 0.2) is 11.5 Å². The van der Waals surface area contributed by atoms with Crippen LogP contribution in [0.5, 0.6) is 6.01 Å². The predicted octanol–water partition coefficient (Wildman–Crippen LogP) is 4.73. The van der Waals surface area contributed by atoms with Crippen molar-refractivity contribution in [1.82, 2.24) is 29.3 Å². The molecular weight excluding hydrogens is 572 g/mol. The standard InChI is InChI=1S/C30H29ClN8O2S/c1-41-29-33-10-6-20(37-29)21-16-39-11-7-23(25(31)28(39)36-21)42-24-15-34-27(22(17-40)35-24)38-12-8-30(9-13-38)14-18-4-2-3-5-19(18)26(30)32/h2-7,10-11,15-16,26,40H,8-9,12-14,17,32H2,1H3/t26-/m1/s1. The van der Waals surface area contributed by atoms with Gasteiger partial charge in [0.1, 0.15) is 16.4 Å². The zero-order valence-electron chi connectivity index (χ0n) is 22.9. The molecule has 0 radical (unpaired) electrons. The molecule has 0 saturated carbocycles. The van der Waals surface area contributed by atoms with E-state index in [1.165, 1.54) is 30.0 Å². The Labute approximate surface area is 252 Å². The molecule has 4 aromatic heterocycles. The normalized spacial score (nSPS) is 17.6. The molecule has 0 amide bonds. The number of aliphatic hydroxyl groups excluding tert-OH is 1. The van der Waals surface area contributed by atoms with Crippen LogP contribution >= 0.6 is 23.4 Å². The molecular formula is C30H29ClN8O2S.